The number of Topliss-reactive ketones (excluding diaryl/α,β-unsaturated/α-hetero) is 1. The Bertz CT molecular complexity index is 363. The summed E-state index contributed by atoms with van der Waals surface area (Å²) in [4.78, 5) is 12.0. The number of rotatable bonds is 6. The van der Waals surface area contributed by atoms with Crippen molar-refractivity contribution in [2.45, 2.75) is 33.2 Å². The Morgan fingerprint density at radius 2 is 2.31 bits per heavy atom. The summed E-state index contributed by atoms with van der Waals surface area (Å²) < 4.78 is 2.57. The van der Waals surface area contributed by atoms with Gasteiger partial charge in [-0.15, -0.1) is 0 Å². The van der Waals surface area contributed by atoms with E-state index in [-0.39, 0.29) is 11.8 Å². The third kappa shape index (κ3) is 3.35. The highest BCUT2D eigenvalue weighted by molar-refractivity contribution is 9.10. The molecule has 0 fully saturated rings. The molecule has 0 unspecified atom stereocenters. The SMILES string of the molecule is CCCSCC(=O)c1c(Br)cnn1C(C)C. The van der Waals surface area contributed by atoms with E-state index in [9.17, 15) is 4.79 Å². The molecule has 0 aliphatic rings. The molecule has 0 amide bonds. The van der Waals surface area contributed by atoms with E-state index in [1.54, 1.807) is 22.6 Å². The molecule has 5 heteroatoms. The molecular formula is C11H17BrN2OS. The predicted molar refractivity (Wildman–Crippen MR) is 72.3 cm³/mol. The van der Waals surface area contributed by atoms with E-state index >= 15 is 0 Å². The van der Waals surface area contributed by atoms with E-state index in [4.69, 9.17) is 0 Å². The summed E-state index contributed by atoms with van der Waals surface area (Å²) in [6.07, 6.45) is 2.79. The highest BCUT2D eigenvalue weighted by atomic mass is 79.9. The first kappa shape index (κ1) is 13.8. The van der Waals surface area contributed by atoms with Gasteiger partial charge in [0.25, 0.3) is 0 Å². The van der Waals surface area contributed by atoms with Crippen LogP contribution in [0.1, 0.15) is 43.7 Å². The molecule has 0 N–H and O–H groups in total. The molecule has 16 heavy (non-hydrogen) atoms. The van der Waals surface area contributed by atoms with Crippen molar-refractivity contribution in [1.82, 2.24) is 9.78 Å². The van der Waals surface area contributed by atoms with Crippen molar-refractivity contribution < 1.29 is 4.79 Å². The highest BCUT2D eigenvalue weighted by Crippen LogP contribution is 2.21. The Labute approximate surface area is 109 Å². The summed E-state index contributed by atoms with van der Waals surface area (Å²) in [6.45, 7) is 6.16. The average Bonchev–Trinajstić information content (AvgIpc) is 2.60. The molecule has 1 heterocycles. The smallest absolute Gasteiger partial charge is 0.191 e. The van der Waals surface area contributed by atoms with Crippen molar-refractivity contribution in [1.29, 1.82) is 0 Å². The van der Waals surface area contributed by atoms with Crippen molar-refractivity contribution >= 4 is 33.5 Å². The molecule has 0 aromatic carbocycles. The van der Waals surface area contributed by atoms with Crippen molar-refractivity contribution in [3.8, 4) is 0 Å². The number of ketones is 1. The van der Waals surface area contributed by atoms with Crippen LogP contribution in [0.3, 0.4) is 0 Å². The van der Waals surface area contributed by atoms with Gasteiger partial charge in [-0.2, -0.15) is 16.9 Å². The quantitative estimate of drug-likeness (QED) is 0.595. The lowest BCUT2D eigenvalue weighted by molar-refractivity contribution is 0.101. The Hall–Kier alpha value is -0.290. The van der Waals surface area contributed by atoms with Gasteiger partial charge < -0.3 is 0 Å². The number of carbonyl (C=O) groups is 1. The molecule has 0 spiro atoms. The molecule has 0 saturated carbocycles. The van der Waals surface area contributed by atoms with Gasteiger partial charge in [-0.25, -0.2) is 0 Å². The van der Waals surface area contributed by atoms with Gasteiger partial charge in [0.1, 0.15) is 5.69 Å². The van der Waals surface area contributed by atoms with Crippen molar-refractivity contribution in [3.05, 3.63) is 16.4 Å². The zero-order valence-corrected chi connectivity index (χ0v) is 12.3. The van der Waals surface area contributed by atoms with Crippen LogP contribution in [0.5, 0.6) is 0 Å². The fourth-order valence-corrected chi connectivity index (χ4v) is 2.62. The van der Waals surface area contributed by atoms with Gasteiger partial charge >= 0.3 is 0 Å². The second kappa shape index (κ2) is 6.45. The number of halogens is 1. The molecule has 3 nitrogen and oxygen atoms in total. The molecule has 0 atom stereocenters. The number of hydrogen-bond acceptors (Lipinski definition) is 3. The number of carbonyl (C=O) groups excluding carboxylic acids is 1. The van der Waals surface area contributed by atoms with Crippen LogP contribution < -0.4 is 0 Å². The van der Waals surface area contributed by atoms with E-state index in [2.05, 4.69) is 28.0 Å². The third-order valence-corrected chi connectivity index (χ3v) is 3.83. The maximum absolute atomic E-state index is 12.0. The Kier molecular flexibility index (Phi) is 5.55. The van der Waals surface area contributed by atoms with Gasteiger partial charge in [0, 0.05) is 6.04 Å². The highest BCUT2D eigenvalue weighted by Gasteiger charge is 2.18. The van der Waals surface area contributed by atoms with Crippen LogP contribution in [0.4, 0.5) is 0 Å². The molecule has 1 rings (SSSR count). The maximum Gasteiger partial charge on any atom is 0.191 e. The molecular weight excluding hydrogens is 288 g/mol. The summed E-state index contributed by atoms with van der Waals surface area (Å²) in [7, 11) is 0. The second-order valence-corrected chi connectivity index (χ2v) is 5.81. The van der Waals surface area contributed by atoms with E-state index in [1.165, 1.54) is 0 Å². The minimum atomic E-state index is 0.150. The predicted octanol–water partition coefficient (Wildman–Crippen LogP) is 3.55. The molecule has 0 aliphatic heterocycles. The zero-order valence-electron chi connectivity index (χ0n) is 9.86. The van der Waals surface area contributed by atoms with Gasteiger partial charge in [-0.1, -0.05) is 6.92 Å². The van der Waals surface area contributed by atoms with E-state index in [1.807, 2.05) is 13.8 Å². The standard InChI is InChI=1S/C11H17BrN2OS/c1-4-5-16-7-10(15)11-9(12)6-13-14(11)8(2)3/h6,8H,4-5,7H2,1-3H3. The van der Waals surface area contributed by atoms with Crippen LogP contribution in [0.25, 0.3) is 0 Å². The van der Waals surface area contributed by atoms with E-state index in [0.29, 0.717) is 11.4 Å². The summed E-state index contributed by atoms with van der Waals surface area (Å²) >= 11 is 5.06. The first-order chi connectivity index (χ1) is 7.57. The topological polar surface area (TPSA) is 34.9 Å². The Morgan fingerprint density at radius 3 is 2.88 bits per heavy atom. The minimum Gasteiger partial charge on any atom is -0.291 e. The second-order valence-electron chi connectivity index (χ2n) is 3.86. The largest absolute Gasteiger partial charge is 0.291 e. The third-order valence-electron chi connectivity index (χ3n) is 2.09. The molecule has 0 bridgehead atoms. The first-order valence-electron chi connectivity index (χ1n) is 5.41. The molecule has 0 radical (unpaired) electrons. The van der Waals surface area contributed by atoms with Crippen LogP contribution in [-0.4, -0.2) is 27.1 Å². The number of hydrogen-bond donors (Lipinski definition) is 0. The van der Waals surface area contributed by atoms with Crippen LogP contribution >= 0.6 is 27.7 Å². The monoisotopic (exact) mass is 304 g/mol. The average molecular weight is 305 g/mol. The lowest BCUT2D eigenvalue weighted by Gasteiger charge is -2.10. The fourth-order valence-electron chi connectivity index (χ4n) is 1.37. The van der Waals surface area contributed by atoms with Gasteiger partial charge in [0.2, 0.25) is 0 Å². The van der Waals surface area contributed by atoms with Crippen molar-refractivity contribution in [2.75, 3.05) is 11.5 Å². The molecule has 1 aromatic rings. The lowest BCUT2D eigenvalue weighted by atomic mass is 10.3. The molecule has 1 aromatic heterocycles. The van der Waals surface area contributed by atoms with Gasteiger partial charge in [-0.05, 0) is 42.0 Å². The van der Waals surface area contributed by atoms with Gasteiger partial charge in [0.05, 0.1) is 16.4 Å². The van der Waals surface area contributed by atoms with Crippen molar-refractivity contribution in [3.63, 3.8) is 0 Å². The summed E-state index contributed by atoms with van der Waals surface area (Å²) in [5, 5.41) is 4.20. The Balaban J connectivity index is 2.77. The van der Waals surface area contributed by atoms with Gasteiger partial charge in [0.15, 0.2) is 5.78 Å². The summed E-state index contributed by atoms with van der Waals surface area (Å²) in [6, 6.07) is 0.210. The first-order valence-corrected chi connectivity index (χ1v) is 7.36. The number of nitrogens with zero attached hydrogens (tertiary/aromatic N) is 2. The molecule has 0 saturated heterocycles. The van der Waals surface area contributed by atoms with Crippen LogP contribution in [0.15, 0.2) is 10.7 Å². The summed E-state index contributed by atoms with van der Waals surface area (Å²) in [5.74, 6) is 1.71. The molecule has 0 aliphatic carbocycles. The zero-order chi connectivity index (χ0) is 12.1. The van der Waals surface area contributed by atoms with Crippen LogP contribution in [0.2, 0.25) is 0 Å². The minimum absolute atomic E-state index is 0.150. The fraction of sp³-hybridized carbons (Fsp3) is 0.636. The Morgan fingerprint density at radius 1 is 1.62 bits per heavy atom. The summed E-state index contributed by atoms with van der Waals surface area (Å²) in [5.41, 5.74) is 0.693. The van der Waals surface area contributed by atoms with E-state index in [0.717, 1.165) is 16.6 Å². The number of thioether (sulfide) groups is 1. The number of aromatic nitrogens is 2. The van der Waals surface area contributed by atoms with Crippen molar-refractivity contribution in [2.24, 2.45) is 0 Å². The van der Waals surface area contributed by atoms with E-state index < -0.39 is 0 Å². The maximum atomic E-state index is 12.0. The van der Waals surface area contributed by atoms with Crippen LogP contribution in [-0.2, 0) is 0 Å². The molecule has 90 valence electrons. The lowest BCUT2D eigenvalue weighted by Crippen LogP contribution is -2.14. The normalized spacial score (nSPS) is 11.1. The van der Waals surface area contributed by atoms with Crippen LogP contribution in [0, 0.1) is 0 Å². The van der Waals surface area contributed by atoms with Gasteiger partial charge in [-0.3, -0.25) is 9.48 Å².